The molecule has 2 rings (SSSR count). The monoisotopic (exact) mass is 279 g/mol. The summed E-state index contributed by atoms with van der Waals surface area (Å²) in [6.07, 6.45) is 0.699. The van der Waals surface area contributed by atoms with Crippen LogP contribution in [0.5, 0.6) is 11.5 Å². The molecule has 0 spiro atoms. The van der Waals surface area contributed by atoms with Crippen LogP contribution in [0, 0.1) is 0 Å². The van der Waals surface area contributed by atoms with Crippen LogP contribution in [0.4, 0.5) is 0 Å². The van der Waals surface area contributed by atoms with Crippen molar-refractivity contribution in [2.75, 3.05) is 20.8 Å². The minimum Gasteiger partial charge on any atom is -0.497 e. The second-order valence-corrected chi connectivity index (χ2v) is 4.12. The predicted molar refractivity (Wildman–Crippen MR) is 72.3 cm³/mol. The van der Waals surface area contributed by atoms with Crippen LogP contribution in [0.25, 0.3) is 0 Å². The molecule has 1 aliphatic rings. The van der Waals surface area contributed by atoms with E-state index in [0.717, 1.165) is 0 Å². The molecule has 0 aliphatic carbocycles. The number of carbonyl (C=O) groups excluding carboxylic acids is 1. The maximum absolute atomic E-state index is 11.9. The van der Waals surface area contributed by atoms with Crippen molar-refractivity contribution in [1.82, 2.24) is 0 Å². The summed E-state index contributed by atoms with van der Waals surface area (Å²) in [5.74, 6) is 0.839. The normalized spacial score (nSPS) is 20.4. The molecule has 2 atom stereocenters. The van der Waals surface area contributed by atoms with Crippen molar-refractivity contribution >= 4 is 12.4 Å². The Balaban J connectivity index is 2.32. The van der Waals surface area contributed by atoms with Crippen molar-refractivity contribution < 1.29 is 23.7 Å². The number of ether oxygens (including phenoxy) is 4. The third-order valence-electron chi connectivity index (χ3n) is 2.99. The van der Waals surface area contributed by atoms with Gasteiger partial charge >= 0.3 is 5.97 Å². The van der Waals surface area contributed by atoms with Crippen LogP contribution in [0.15, 0.2) is 23.2 Å². The number of esters is 1. The van der Waals surface area contributed by atoms with Gasteiger partial charge in [-0.15, -0.1) is 0 Å². The van der Waals surface area contributed by atoms with Gasteiger partial charge < -0.3 is 18.9 Å². The van der Waals surface area contributed by atoms with E-state index >= 15 is 0 Å². The third-order valence-corrected chi connectivity index (χ3v) is 2.99. The lowest BCUT2D eigenvalue weighted by Gasteiger charge is -2.19. The lowest BCUT2D eigenvalue weighted by molar-refractivity contribution is -0.146. The number of methoxy groups -OCH3 is 2. The Bertz CT molecular complexity index is 514. The van der Waals surface area contributed by atoms with Gasteiger partial charge in [-0.1, -0.05) is 0 Å². The van der Waals surface area contributed by atoms with Gasteiger partial charge in [-0.25, -0.2) is 9.79 Å². The molecule has 0 amide bonds. The van der Waals surface area contributed by atoms with E-state index in [1.54, 1.807) is 39.3 Å². The Kier molecular flexibility index (Phi) is 4.45. The molecule has 1 heterocycles. The maximum atomic E-state index is 11.9. The molecule has 1 aromatic rings. The number of rotatable bonds is 5. The van der Waals surface area contributed by atoms with Gasteiger partial charge in [-0.05, 0) is 25.1 Å². The summed E-state index contributed by atoms with van der Waals surface area (Å²) in [5, 5.41) is 0. The van der Waals surface area contributed by atoms with Crippen molar-refractivity contribution in [3.05, 3.63) is 23.8 Å². The molecule has 20 heavy (non-hydrogen) atoms. The zero-order chi connectivity index (χ0) is 14.5. The van der Waals surface area contributed by atoms with Gasteiger partial charge in [0.2, 0.25) is 0 Å². The molecule has 2 unspecified atom stereocenters. The fourth-order valence-corrected chi connectivity index (χ4v) is 2.04. The second kappa shape index (κ2) is 6.27. The predicted octanol–water partition coefficient (Wildman–Crippen LogP) is 1.74. The Morgan fingerprint density at radius 2 is 2.15 bits per heavy atom. The van der Waals surface area contributed by atoms with Crippen molar-refractivity contribution in [1.29, 1.82) is 0 Å². The van der Waals surface area contributed by atoms with Crippen molar-refractivity contribution in [3.63, 3.8) is 0 Å². The highest BCUT2D eigenvalue weighted by atomic mass is 16.5. The largest absolute Gasteiger partial charge is 0.497 e. The first-order valence-electron chi connectivity index (χ1n) is 6.27. The summed E-state index contributed by atoms with van der Waals surface area (Å²) in [7, 11) is 3.13. The molecule has 108 valence electrons. The summed E-state index contributed by atoms with van der Waals surface area (Å²) in [6, 6.07) is 4.58. The van der Waals surface area contributed by atoms with Gasteiger partial charge in [0, 0.05) is 5.56 Å². The summed E-state index contributed by atoms with van der Waals surface area (Å²) in [5.41, 5.74) is 0.697. The average Bonchev–Trinajstić information content (AvgIpc) is 2.96. The van der Waals surface area contributed by atoms with Crippen LogP contribution in [0.1, 0.15) is 18.6 Å². The molecule has 0 saturated heterocycles. The van der Waals surface area contributed by atoms with E-state index in [9.17, 15) is 4.79 Å². The van der Waals surface area contributed by atoms with Crippen molar-refractivity contribution in [2.24, 2.45) is 4.99 Å². The minimum atomic E-state index is -0.726. The number of benzene rings is 1. The number of aliphatic imine (C=N–C) groups is 1. The summed E-state index contributed by atoms with van der Waals surface area (Å²) in [6.45, 7) is 2.05. The van der Waals surface area contributed by atoms with E-state index in [1.165, 1.54) is 6.40 Å². The number of hydrogen-bond donors (Lipinski definition) is 0. The molecule has 6 nitrogen and oxygen atoms in total. The highest BCUT2D eigenvalue weighted by molar-refractivity contribution is 5.80. The van der Waals surface area contributed by atoms with E-state index in [2.05, 4.69) is 4.99 Å². The molecule has 1 aromatic carbocycles. The Morgan fingerprint density at radius 3 is 2.80 bits per heavy atom. The first kappa shape index (κ1) is 14.2. The molecular weight excluding hydrogens is 262 g/mol. The average molecular weight is 279 g/mol. The van der Waals surface area contributed by atoms with E-state index in [1.807, 2.05) is 0 Å². The van der Waals surface area contributed by atoms with Crippen LogP contribution in [0.2, 0.25) is 0 Å². The first-order chi connectivity index (χ1) is 9.71. The Labute approximate surface area is 117 Å². The smallest absolute Gasteiger partial charge is 0.335 e. The Morgan fingerprint density at radius 1 is 1.35 bits per heavy atom. The van der Waals surface area contributed by atoms with E-state index in [4.69, 9.17) is 18.9 Å². The molecule has 6 heteroatoms. The zero-order valence-electron chi connectivity index (χ0n) is 11.7. The van der Waals surface area contributed by atoms with Crippen LogP contribution < -0.4 is 9.47 Å². The second-order valence-electron chi connectivity index (χ2n) is 4.12. The van der Waals surface area contributed by atoms with E-state index in [-0.39, 0.29) is 0 Å². The highest BCUT2D eigenvalue weighted by Crippen LogP contribution is 2.36. The number of hydrogen-bond acceptors (Lipinski definition) is 6. The molecular formula is C14H17NO5. The van der Waals surface area contributed by atoms with Gasteiger partial charge in [0.1, 0.15) is 11.5 Å². The van der Waals surface area contributed by atoms with E-state index in [0.29, 0.717) is 23.7 Å². The van der Waals surface area contributed by atoms with Crippen LogP contribution >= 0.6 is 0 Å². The molecule has 0 radical (unpaired) electrons. The van der Waals surface area contributed by atoms with Crippen molar-refractivity contribution in [2.45, 2.75) is 19.1 Å². The summed E-state index contributed by atoms with van der Waals surface area (Å²) < 4.78 is 20.9. The Hall–Kier alpha value is -2.24. The van der Waals surface area contributed by atoms with Gasteiger partial charge in [-0.3, -0.25) is 0 Å². The summed E-state index contributed by atoms with van der Waals surface area (Å²) >= 11 is 0. The maximum Gasteiger partial charge on any atom is 0.335 e. The van der Waals surface area contributed by atoms with Crippen LogP contribution in [-0.4, -0.2) is 39.2 Å². The number of nitrogens with zero attached hydrogens (tertiary/aromatic N) is 1. The van der Waals surface area contributed by atoms with Crippen molar-refractivity contribution in [3.8, 4) is 11.5 Å². The minimum absolute atomic E-state index is 0.298. The van der Waals surface area contributed by atoms with E-state index < -0.39 is 18.1 Å². The quantitative estimate of drug-likeness (QED) is 0.768. The standard InChI is InChI=1S/C14H17NO5/c1-4-19-14(16)12-13(20-8-15-12)10-7-9(17-2)5-6-11(10)18-3/h5-8,12-13H,4H2,1-3H3. The molecule has 0 bridgehead atoms. The summed E-state index contributed by atoms with van der Waals surface area (Å²) in [4.78, 5) is 15.9. The number of carbonyl (C=O) groups is 1. The zero-order valence-corrected chi connectivity index (χ0v) is 11.7. The molecule has 0 aromatic heterocycles. The van der Waals surface area contributed by atoms with Gasteiger partial charge in [0.05, 0.1) is 20.8 Å². The fourth-order valence-electron chi connectivity index (χ4n) is 2.04. The third kappa shape index (κ3) is 2.68. The molecule has 0 fully saturated rings. The molecule has 0 N–H and O–H groups in total. The highest BCUT2D eigenvalue weighted by Gasteiger charge is 2.37. The lowest BCUT2D eigenvalue weighted by Crippen LogP contribution is -2.26. The SMILES string of the molecule is CCOC(=O)C1N=COC1c1cc(OC)ccc1OC. The van der Waals surface area contributed by atoms with Gasteiger partial charge in [0.15, 0.2) is 18.5 Å². The van der Waals surface area contributed by atoms with Crippen LogP contribution in [0.3, 0.4) is 0 Å². The van der Waals surface area contributed by atoms with Gasteiger partial charge in [-0.2, -0.15) is 0 Å². The van der Waals surface area contributed by atoms with Crippen LogP contribution in [-0.2, 0) is 14.3 Å². The molecule has 0 saturated carbocycles. The van der Waals surface area contributed by atoms with Gasteiger partial charge in [0.25, 0.3) is 0 Å². The first-order valence-corrected chi connectivity index (χ1v) is 6.27. The molecule has 1 aliphatic heterocycles. The lowest BCUT2D eigenvalue weighted by atomic mass is 10.0. The topological polar surface area (TPSA) is 66.4 Å². The fraction of sp³-hybridized carbons (Fsp3) is 0.429.